The molecule has 3 heteroatoms. The summed E-state index contributed by atoms with van der Waals surface area (Å²) in [6.45, 7) is 5.01. The van der Waals surface area contributed by atoms with Gasteiger partial charge in [-0.15, -0.1) is 0 Å². The van der Waals surface area contributed by atoms with Crippen molar-refractivity contribution >= 4 is 0 Å². The minimum Gasteiger partial charge on any atom is -0.494 e. The Kier molecular flexibility index (Phi) is 2.66. The van der Waals surface area contributed by atoms with Gasteiger partial charge in [0.1, 0.15) is 0 Å². The van der Waals surface area contributed by atoms with Gasteiger partial charge in [0.2, 0.25) is 0 Å². The molecule has 0 amide bonds. The average Bonchev–Trinajstić information content (AvgIpc) is 2.80. The Morgan fingerprint density at radius 1 is 1.44 bits per heavy atom. The van der Waals surface area contributed by atoms with Gasteiger partial charge in [0.15, 0.2) is 11.6 Å². The van der Waals surface area contributed by atoms with E-state index in [1.165, 1.54) is 7.11 Å². The van der Waals surface area contributed by atoms with Crippen LogP contribution in [-0.2, 0) is 0 Å². The molecule has 1 aliphatic carbocycles. The summed E-state index contributed by atoms with van der Waals surface area (Å²) < 4.78 is 18.5. The van der Waals surface area contributed by atoms with Gasteiger partial charge in [-0.05, 0) is 41.5 Å². The lowest BCUT2D eigenvalue weighted by Gasteiger charge is -2.06. The molecule has 2 rings (SSSR count). The van der Waals surface area contributed by atoms with Crippen molar-refractivity contribution < 1.29 is 9.13 Å². The van der Waals surface area contributed by atoms with E-state index >= 15 is 0 Å². The average molecular weight is 223 g/mol. The van der Waals surface area contributed by atoms with E-state index in [0.717, 1.165) is 5.56 Å². The van der Waals surface area contributed by atoms with Gasteiger partial charge in [0.05, 0.1) is 7.11 Å². The van der Waals surface area contributed by atoms with Gasteiger partial charge in [-0.1, -0.05) is 19.9 Å². The fourth-order valence-electron chi connectivity index (χ4n) is 2.72. The van der Waals surface area contributed by atoms with Crippen LogP contribution in [0.15, 0.2) is 18.2 Å². The van der Waals surface area contributed by atoms with E-state index < -0.39 is 0 Å². The first-order valence-electron chi connectivity index (χ1n) is 5.56. The number of rotatable bonds is 3. The molecule has 0 spiro atoms. The molecule has 2 unspecified atom stereocenters. The van der Waals surface area contributed by atoms with Crippen molar-refractivity contribution in [3.05, 3.63) is 29.6 Å². The van der Waals surface area contributed by atoms with Gasteiger partial charge in [-0.25, -0.2) is 4.39 Å². The van der Waals surface area contributed by atoms with Crippen molar-refractivity contribution in [2.24, 2.45) is 17.1 Å². The zero-order chi connectivity index (χ0) is 11.9. The highest BCUT2D eigenvalue weighted by atomic mass is 19.1. The zero-order valence-electron chi connectivity index (χ0n) is 9.96. The molecule has 1 fully saturated rings. The molecule has 2 nitrogen and oxygen atoms in total. The first-order valence-corrected chi connectivity index (χ1v) is 5.56. The summed E-state index contributed by atoms with van der Waals surface area (Å²) in [5, 5.41) is 0. The second-order valence-corrected chi connectivity index (χ2v) is 5.04. The lowest BCUT2D eigenvalue weighted by atomic mass is 10.0. The summed E-state index contributed by atoms with van der Waals surface area (Å²) in [6, 6.07) is 5.19. The third-order valence-corrected chi connectivity index (χ3v) is 3.84. The van der Waals surface area contributed by atoms with Crippen LogP contribution >= 0.6 is 0 Å². The van der Waals surface area contributed by atoms with Crippen LogP contribution in [0.3, 0.4) is 0 Å². The molecule has 1 saturated carbocycles. The van der Waals surface area contributed by atoms with Gasteiger partial charge < -0.3 is 10.5 Å². The SMILES string of the molecule is COc1ccc(C2C(CN)C2(C)C)cc1F. The van der Waals surface area contributed by atoms with Crippen molar-refractivity contribution in [3.63, 3.8) is 0 Å². The second kappa shape index (κ2) is 3.74. The maximum Gasteiger partial charge on any atom is 0.165 e. The molecule has 0 heterocycles. The number of methoxy groups -OCH3 is 1. The number of ether oxygens (including phenoxy) is 1. The Morgan fingerprint density at radius 2 is 2.12 bits per heavy atom. The highest BCUT2D eigenvalue weighted by Gasteiger charge is 2.57. The minimum atomic E-state index is -0.293. The fourth-order valence-corrected chi connectivity index (χ4v) is 2.72. The Morgan fingerprint density at radius 3 is 2.56 bits per heavy atom. The Balaban J connectivity index is 2.27. The summed E-state index contributed by atoms with van der Waals surface area (Å²) >= 11 is 0. The van der Waals surface area contributed by atoms with E-state index in [4.69, 9.17) is 10.5 Å². The van der Waals surface area contributed by atoms with Crippen LogP contribution in [0.4, 0.5) is 4.39 Å². The normalized spacial score (nSPS) is 26.6. The van der Waals surface area contributed by atoms with Gasteiger partial charge in [0, 0.05) is 0 Å². The van der Waals surface area contributed by atoms with Gasteiger partial charge in [0.25, 0.3) is 0 Å². The third-order valence-electron chi connectivity index (χ3n) is 3.84. The first kappa shape index (κ1) is 11.4. The summed E-state index contributed by atoms with van der Waals surface area (Å²) in [7, 11) is 1.47. The van der Waals surface area contributed by atoms with Crippen molar-refractivity contribution in [2.75, 3.05) is 13.7 Å². The summed E-state index contributed by atoms with van der Waals surface area (Å²) in [4.78, 5) is 0. The van der Waals surface area contributed by atoms with Crippen LogP contribution in [0.25, 0.3) is 0 Å². The van der Waals surface area contributed by atoms with Crippen molar-refractivity contribution in [3.8, 4) is 5.75 Å². The van der Waals surface area contributed by atoms with E-state index in [1.807, 2.05) is 6.07 Å². The number of hydrogen-bond acceptors (Lipinski definition) is 2. The zero-order valence-corrected chi connectivity index (χ0v) is 9.96. The number of nitrogens with two attached hydrogens (primary N) is 1. The van der Waals surface area contributed by atoms with Crippen molar-refractivity contribution in [1.82, 2.24) is 0 Å². The molecule has 2 atom stereocenters. The Bertz CT molecular complexity index is 403. The van der Waals surface area contributed by atoms with Crippen LogP contribution in [0, 0.1) is 17.2 Å². The molecule has 88 valence electrons. The summed E-state index contributed by atoms with van der Waals surface area (Å²) in [6.07, 6.45) is 0. The molecule has 1 aromatic rings. The van der Waals surface area contributed by atoms with Crippen LogP contribution in [0.1, 0.15) is 25.3 Å². The summed E-state index contributed by atoms with van der Waals surface area (Å²) in [5.74, 6) is 0.836. The maximum absolute atomic E-state index is 13.6. The summed E-state index contributed by atoms with van der Waals surface area (Å²) in [5.41, 5.74) is 6.93. The second-order valence-electron chi connectivity index (χ2n) is 5.04. The lowest BCUT2D eigenvalue weighted by Crippen LogP contribution is -2.05. The Labute approximate surface area is 95.6 Å². The van der Waals surface area contributed by atoms with Gasteiger partial charge in [-0.3, -0.25) is 0 Å². The number of halogens is 1. The monoisotopic (exact) mass is 223 g/mol. The van der Waals surface area contributed by atoms with Crippen LogP contribution in [0.2, 0.25) is 0 Å². The predicted molar refractivity (Wildman–Crippen MR) is 62.0 cm³/mol. The third kappa shape index (κ3) is 1.59. The molecule has 0 aromatic heterocycles. The van der Waals surface area contributed by atoms with E-state index in [-0.39, 0.29) is 11.2 Å². The molecule has 0 aliphatic heterocycles. The molecule has 1 aliphatic rings. The van der Waals surface area contributed by atoms with Crippen LogP contribution in [-0.4, -0.2) is 13.7 Å². The standard InChI is InChI=1S/C13H18FNO/c1-13(2)9(7-15)12(13)8-4-5-11(16-3)10(14)6-8/h4-6,9,12H,7,15H2,1-3H3. The van der Waals surface area contributed by atoms with Crippen molar-refractivity contribution in [1.29, 1.82) is 0 Å². The largest absolute Gasteiger partial charge is 0.494 e. The highest BCUT2D eigenvalue weighted by molar-refractivity contribution is 5.37. The van der Waals surface area contributed by atoms with Crippen LogP contribution in [0.5, 0.6) is 5.75 Å². The van der Waals surface area contributed by atoms with E-state index in [9.17, 15) is 4.39 Å². The smallest absolute Gasteiger partial charge is 0.165 e. The molecule has 2 N–H and O–H groups in total. The minimum absolute atomic E-state index is 0.190. The molecule has 0 saturated heterocycles. The highest BCUT2D eigenvalue weighted by Crippen LogP contribution is 2.63. The van der Waals surface area contributed by atoms with Gasteiger partial charge >= 0.3 is 0 Å². The molecule has 0 radical (unpaired) electrons. The molecular formula is C13H18FNO. The molecule has 1 aromatic carbocycles. The molecule has 0 bridgehead atoms. The quantitative estimate of drug-likeness (QED) is 0.854. The number of hydrogen-bond donors (Lipinski definition) is 1. The first-order chi connectivity index (χ1) is 7.52. The topological polar surface area (TPSA) is 35.2 Å². The Hall–Kier alpha value is -1.09. The molecular weight excluding hydrogens is 205 g/mol. The van der Waals surface area contributed by atoms with Gasteiger partial charge in [-0.2, -0.15) is 0 Å². The predicted octanol–water partition coefficient (Wildman–Crippen LogP) is 2.53. The number of benzene rings is 1. The van der Waals surface area contributed by atoms with E-state index in [0.29, 0.717) is 24.1 Å². The van der Waals surface area contributed by atoms with Crippen molar-refractivity contribution in [2.45, 2.75) is 19.8 Å². The van der Waals surface area contributed by atoms with E-state index in [1.54, 1.807) is 12.1 Å². The van der Waals surface area contributed by atoms with Crippen LogP contribution < -0.4 is 10.5 Å². The van der Waals surface area contributed by atoms with E-state index in [2.05, 4.69) is 13.8 Å². The molecule has 16 heavy (non-hydrogen) atoms. The fraction of sp³-hybridized carbons (Fsp3) is 0.538. The maximum atomic E-state index is 13.6. The lowest BCUT2D eigenvalue weighted by molar-refractivity contribution is 0.386.